The molecule has 1 fully saturated rings. The number of imidazole rings is 2. The van der Waals surface area contributed by atoms with Gasteiger partial charge in [0.05, 0.1) is 47.8 Å². The summed E-state index contributed by atoms with van der Waals surface area (Å²) in [6, 6.07) is 12.5. The lowest BCUT2D eigenvalue weighted by atomic mass is 10.1. The van der Waals surface area contributed by atoms with Crippen LogP contribution in [0.15, 0.2) is 61.1 Å². The maximum Gasteiger partial charge on any atom is 0.335 e. The Hall–Kier alpha value is -5.35. The number of carboxylic acids is 1. The van der Waals surface area contributed by atoms with Gasteiger partial charge in [-0.3, -0.25) is 4.90 Å². The fraction of sp³-hybridized carbons (Fsp3) is 0.294. The maximum absolute atomic E-state index is 15.0. The Kier molecular flexibility index (Phi) is 9.12. The number of carbonyl (C=O) groups is 1. The molecular weight excluding hydrogens is 613 g/mol. The topological polar surface area (TPSA) is 118 Å². The van der Waals surface area contributed by atoms with E-state index in [0.717, 1.165) is 17.8 Å². The van der Waals surface area contributed by atoms with Crippen LogP contribution in [-0.2, 0) is 26.2 Å². The molecule has 0 aliphatic carbocycles. The minimum Gasteiger partial charge on any atom is -0.490 e. The number of halogens is 3. The van der Waals surface area contributed by atoms with Crippen LogP contribution in [0.3, 0.4) is 0 Å². The van der Waals surface area contributed by atoms with Crippen LogP contribution in [0.1, 0.15) is 52.8 Å². The van der Waals surface area contributed by atoms with Gasteiger partial charge in [-0.2, -0.15) is 5.26 Å². The number of nitrogens with zero attached hydrogens (tertiary/aromatic N) is 6. The van der Waals surface area contributed by atoms with Crippen LogP contribution >= 0.6 is 0 Å². The molecule has 0 atom stereocenters. The molecule has 1 aliphatic heterocycles. The Labute approximate surface area is 268 Å². The minimum atomic E-state index is -1.22. The van der Waals surface area contributed by atoms with Crippen molar-refractivity contribution in [3.05, 3.63) is 107 Å². The van der Waals surface area contributed by atoms with Crippen molar-refractivity contribution in [2.75, 3.05) is 13.1 Å². The number of hydrogen-bond donors (Lipinski definition) is 1. The predicted molar refractivity (Wildman–Crippen MR) is 164 cm³/mol. The monoisotopic (exact) mass is 644 g/mol. The molecule has 10 nitrogen and oxygen atoms in total. The highest BCUT2D eigenvalue weighted by molar-refractivity contribution is 5.92. The van der Waals surface area contributed by atoms with Gasteiger partial charge in [-0.1, -0.05) is 0 Å². The van der Waals surface area contributed by atoms with Crippen LogP contribution in [0, 0.1) is 28.8 Å². The van der Waals surface area contributed by atoms with E-state index in [-0.39, 0.29) is 40.7 Å². The second-order valence-electron chi connectivity index (χ2n) is 11.3. The Morgan fingerprint density at radius 3 is 2.57 bits per heavy atom. The number of ether oxygens (including phenoxy) is 2. The average molecular weight is 645 g/mol. The first kappa shape index (κ1) is 31.6. The number of carboxylic acid groups (broad SMARTS) is 1. The molecule has 0 bridgehead atoms. The van der Waals surface area contributed by atoms with Gasteiger partial charge in [0.1, 0.15) is 35.6 Å². The van der Waals surface area contributed by atoms with Crippen molar-refractivity contribution in [3.8, 4) is 17.6 Å². The number of nitriles is 1. The molecule has 1 N–H and O–H groups in total. The molecule has 0 saturated carbocycles. The third-order valence-electron chi connectivity index (χ3n) is 8.26. The van der Waals surface area contributed by atoms with E-state index in [1.165, 1.54) is 36.4 Å². The summed E-state index contributed by atoms with van der Waals surface area (Å²) in [6.07, 6.45) is 4.64. The quantitative estimate of drug-likeness (QED) is 0.189. The lowest BCUT2D eigenvalue weighted by Gasteiger charge is -2.32. The number of fused-ring (bicyclic) bond motifs is 1. The van der Waals surface area contributed by atoms with E-state index >= 15 is 4.39 Å². The fourth-order valence-corrected chi connectivity index (χ4v) is 5.73. The number of aromatic carboxylic acids is 1. The number of rotatable bonds is 11. The van der Waals surface area contributed by atoms with Gasteiger partial charge >= 0.3 is 5.97 Å². The highest BCUT2D eigenvalue weighted by Gasteiger charge is 2.25. The molecule has 3 heterocycles. The van der Waals surface area contributed by atoms with Gasteiger partial charge in [-0.25, -0.2) is 27.9 Å². The largest absolute Gasteiger partial charge is 0.490 e. The molecule has 0 amide bonds. The first-order valence-electron chi connectivity index (χ1n) is 15.1. The molecule has 13 heteroatoms. The molecule has 242 valence electrons. The van der Waals surface area contributed by atoms with Gasteiger partial charge in [0.15, 0.2) is 17.4 Å². The normalized spacial score (nSPS) is 13.9. The van der Waals surface area contributed by atoms with Gasteiger partial charge in [0.25, 0.3) is 0 Å². The van der Waals surface area contributed by atoms with Crippen molar-refractivity contribution >= 4 is 17.0 Å². The molecule has 0 radical (unpaired) electrons. The Morgan fingerprint density at radius 2 is 1.85 bits per heavy atom. The number of aromatic nitrogens is 4. The summed E-state index contributed by atoms with van der Waals surface area (Å²) in [6.45, 7) is 4.52. The van der Waals surface area contributed by atoms with E-state index in [1.54, 1.807) is 12.5 Å². The maximum atomic E-state index is 15.0. The molecule has 3 aromatic carbocycles. The van der Waals surface area contributed by atoms with Crippen molar-refractivity contribution in [2.24, 2.45) is 0 Å². The Bertz CT molecular complexity index is 1980. The van der Waals surface area contributed by atoms with E-state index in [9.17, 15) is 18.7 Å². The van der Waals surface area contributed by atoms with Gasteiger partial charge in [-0.15, -0.1) is 0 Å². The summed E-state index contributed by atoms with van der Waals surface area (Å²) in [5, 5.41) is 18.5. The summed E-state index contributed by atoms with van der Waals surface area (Å²) >= 11 is 0. The molecule has 1 aliphatic rings. The Morgan fingerprint density at radius 1 is 1.04 bits per heavy atom. The van der Waals surface area contributed by atoms with Crippen LogP contribution < -0.4 is 9.47 Å². The van der Waals surface area contributed by atoms with E-state index in [2.05, 4.69) is 14.9 Å². The average Bonchev–Trinajstić information content (AvgIpc) is 3.67. The summed E-state index contributed by atoms with van der Waals surface area (Å²) < 4.78 is 59.3. The van der Waals surface area contributed by atoms with Crippen LogP contribution in [0.5, 0.6) is 11.5 Å². The smallest absolute Gasteiger partial charge is 0.335 e. The van der Waals surface area contributed by atoms with Gasteiger partial charge in [0, 0.05) is 31.4 Å². The molecule has 47 heavy (non-hydrogen) atoms. The molecule has 0 spiro atoms. The number of piperidine rings is 1. The number of likely N-dealkylation sites (tertiary alicyclic amines) is 1. The van der Waals surface area contributed by atoms with Gasteiger partial charge in [-0.05, 0) is 68.3 Å². The van der Waals surface area contributed by atoms with E-state index < -0.39 is 23.4 Å². The van der Waals surface area contributed by atoms with Crippen LogP contribution in [-0.4, -0.2) is 54.3 Å². The zero-order valence-corrected chi connectivity index (χ0v) is 25.5. The van der Waals surface area contributed by atoms with Gasteiger partial charge in [0.2, 0.25) is 0 Å². The third-order valence-corrected chi connectivity index (χ3v) is 8.26. The van der Waals surface area contributed by atoms with E-state index in [1.807, 2.05) is 22.1 Å². The molecule has 6 rings (SSSR count). The number of aryl methyl sites for hydroxylation is 1. The number of benzene rings is 3. The molecule has 1 saturated heterocycles. The lowest BCUT2D eigenvalue weighted by Crippen LogP contribution is -2.38. The molecule has 0 unspecified atom stereocenters. The zero-order chi connectivity index (χ0) is 33.1. The second-order valence-corrected chi connectivity index (χ2v) is 11.3. The highest BCUT2D eigenvalue weighted by Crippen LogP contribution is 2.27. The zero-order valence-electron chi connectivity index (χ0n) is 25.5. The van der Waals surface area contributed by atoms with Crippen molar-refractivity contribution in [1.29, 1.82) is 5.26 Å². The predicted octanol–water partition coefficient (Wildman–Crippen LogP) is 5.91. The summed E-state index contributed by atoms with van der Waals surface area (Å²) in [5.74, 6) is -2.16. The van der Waals surface area contributed by atoms with Crippen molar-refractivity contribution in [1.82, 2.24) is 24.0 Å². The van der Waals surface area contributed by atoms with Crippen LogP contribution in [0.25, 0.3) is 11.0 Å². The minimum absolute atomic E-state index is 0.0864. The van der Waals surface area contributed by atoms with E-state index in [4.69, 9.17) is 14.7 Å². The molecule has 2 aromatic heterocycles. The summed E-state index contributed by atoms with van der Waals surface area (Å²) in [7, 11) is 0. The molecular formula is C34H31F3N6O4. The van der Waals surface area contributed by atoms with E-state index in [0.29, 0.717) is 62.7 Å². The summed E-state index contributed by atoms with van der Waals surface area (Å²) in [4.78, 5) is 22.7. The highest BCUT2D eigenvalue weighted by atomic mass is 19.1. The summed E-state index contributed by atoms with van der Waals surface area (Å²) in [5.41, 5.74) is 1.60. The van der Waals surface area contributed by atoms with Gasteiger partial charge < -0.3 is 23.7 Å². The SMILES string of the molecule is CCn1cncc1Cn1c(CN2CCC(Oc3ccc(F)c(COc4ccc(C#N)cc4F)c3)CC2)nc2c(F)cc(C(=O)O)cc21. The van der Waals surface area contributed by atoms with Crippen LogP contribution in [0.4, 0.5) is 13.2 Å². The standard InChI is InChI=1S/C34H31F3N6O4/c1-2-42-20-39-16-24(42)17-43-30-14-22(34(44)45)13-29(37)33(30)40-32(43)18-41-9-7-25(8-10-41)47-26-4-5-27(35)23(12-26)19-46-31-6-3-21(15-38)11-28(31)36/h3-6,11-14,16,20,25H,2,7-10,17-19H2,1H3,(H,44,45). The first-order chi connectivity index (χ1) is 22.7. The van der Waals surface area contributed by atoms with Crippen molar-refractivity contribution in [3.63, 3.8) is 0 Å². The van der Waals surface area contributed by atoms with Crippen molar-refractivity contribution in [2.45, 2.75) is 52.1 Å². The third kappa shape index (κ3) is 6.92. The molecule has 5 aromatic rings. The Balaban J connectivity index is 1.13. The first-order valence-corrected chi connectivity index (χ1v) is 15.1. The second kappa shape index (κ2) is 13.6. The van der Waals surface area contributed by atoms with Crippen molar-refractivity contribution < 1.29 is 32.5 Å². The lowest BCUT2D eigenvalue weighted by molar-refractivity contribution is 0.0696. The van der Waals surface area contributed by atoms with Crippen LogP contribution in [0.2, 0.25) is 0 Å². The fourth-order valence-electron chi connectivity index (χ4n) is 5.73. The number of hydrogen-bond acceptors (Lipinski definition) is 7.